The molecule has 2 unspecified atom stereocenters. The van der Waals surface area contributed by atoms with Gasteiger partial charge in [0.1, 0.15) is 5.60 Å². The Morgan fingerprint density at radius 1 is 1.31 bits per heavy atom. The first kappa shape index (κ1) is 11.5. The zero-order chi connectivity index (χ0) is 12.0. The van der Waals surface area contributed by atoms with Gasteiger partial charge < -0.3 is 9.42 Å². The Hall–Kier alpha value is -0.940. The Labute approximate surface area is 97.0 Å². The van der Waals surface area contributed by atoms with E-state index in [0.29, 0.717) is 5.56 Å². The molecule has 0 fully saturated rings. The molecule has 1 aromatic rings. The van der Waals surface area contributed by atoms with Crippen molar-refractivity contribution < 1.29 is 9.42 Å². The first-order valence-corrected chi connectivity index (χ1v) is 5.95. The van der Waals surface area contributed by atoms with Crippen LogP contribution in [0.1, 0.15) is 37.5 Å². The second-order valence-electron chi connectivity index (χ2n) is 4.72. The van der Waals surface area contributed by atoms with Gasteiger partial charge in [-0.15, -0.1) is 0 Å². The van der Waals surface area contributed by atoms with E-state index in [9.17, 15) is 0 Å². The second-order valence-corrected chi connectivity index (χ2v) is 5.11. The molecule has 0 bridgehead atoms. The topological polar surface area (TPSA) is 53.2 Å². The molecule has 0 amide bonds. The van der Waals surface area contributed by atoms with Gasteiger partial charge >= 0.3 is 0 Å². The van der Waals surface area contributed by atoms with Crippen molar-refractivity contribution in [2.45, 2.75) is 31.8 Å². The van der Waals surface area contributed by atoms with Crippen molar-refractivity contribution in [3.8, 4) is 6.07 Å². The van der Waals surface area contributed by atoms with Crippen molar-refractivity contribution in [3.05, 3.63) is 34.9 Å². The largest absolute Gasteiger partial charge is 0.352 e. The molecule has 0 saturated heterocycles. The van der Waals surface area contributed by atoms with Crippen LogP contribution in [-0.2, 0) is 15.5 Å². The minimum atomic E-state index is -0.521. The summed E-state index contributed by atoms with van der Waals surface area (Å²) >= 11 is 0. The van der Waals surface area contributed by atoms with Crippen LogP contribution in [0.3, 0.4) is 0 Å². The van der Waals surface area contributed by atoms with Crippen molar-refractivity contribution in [1.82, 2.24) is 0 Å². The maximum Gasteiger partial charge on any atom is 0.153 e. The number of benzene rings is 1. The molecule has 16 heavy (non-hydrogen) atoms. The Morgan fingerprint density at radius 2 is 2.00 bits per heavy atom. The number of nitriles is 1. The zero-order valence-corrected chi connectivity index (χ0v) is 10.5. The van der Waals surface area contributed by atoms with Crippen molar-refractivity contribution in [3.63, 3.8) is 0 Å². The zero-order valence-electron chi connectivity index (χ0n) is 9.53. The van der Waals surface area contributed by atoms with Crippen LogP contribution in [0.5, 0.6) is 0 Å². The summed E-state index contributed by atoms with van der Waals surface area (Å²) in [5.74, 6) is 0. The molecule has 0 aromatic heterocycles. The van der Waals surface area contributed by atoms with Crippen molar-refractivity contribution in [1.29, 1.82) is 5.26 Å². The lowest BCUT2D eigenvalue weighted by Crippen LogP contribution is -2.53. The molecule has 0 radical (unpaired) electrons. The summed E-state index contributed by atoms with van der Waals surface area (Å²) in [5.41, 5.74) is 2.24. The Bertz CT molecular complexity index is 478. The summed E-state index contributed by atoms with van der Waals surface area (Å²) in [5, 5.41) is 8.86. The van der Waals surface area contributed by atoms with Crippen molar-refractivity contribution >= 4 is 9.03 Å². The molecule has 0 saturated carbocycles. The third kappa shape index (κ3) is 1.25. The van der Waals surface area contributed by atoms with E-state index in [1.807, 2.05) is 19.1 Å². The third-order valence-corrected chi connectivity index (χ3v) is 4.28. The van der Waals surface area contributed by atoms with Gasteiger partial charge in [0.05, 0.1) is 11.6 Å². The van der Waals surface area contributed by atoms with Crippen LogP contribution in [-0.4, -0.2) is 4.89 Å². The van der Waals surface area contributed by atoms with Gasteiger partial charge in [0.15, 0.2) is 9.03 Å². The fourth-order valence-electron chi connectivity index (χ4n) is 2.35. The number of hydrogen-bond donors (Lipinski definition) is 1. The van der Waals surface area contributed by atoms with Crippen LogP contribution in [0, 0.1) is 11.3 Å². The highest BCUT2D eigenvalue weighted by molar-refractivity contribution is 7.25. The standard InChI is InChI=1S/C12H14NO2P/c1-11(2)10-6-8(7-13)4-5-9(10)12(11,3)15-16-14/h4-6,14,16H,1-3H3. The fourth-order valence-corrected chi connectivity index (χ4v) is 2.90. The quantitative estimate of drug-likeness (QED) is 0.801. The number of nitrogens with zero attached hydrogens (tertiary/aromatic N) is 1. The lowest BCUT2D eigenvalue weighted by molar-refractivity contribution is -0.0131. The van der Waals surface area contributed by atoms with E-state index in [1.54, 1.807) is 6.07 Å². The summed E-state index contributed by atoms with van der Waals surface area (Å²) in [6.45, 7) is 6.11. The maximum absolute atomic E-state index is 8.98. The van der Waals surface area contributed by atoms with Crippen LogP contribution in [0.2, 0.25) is 0 Å². The number of hydrogen-bond acceptors (Lipinski definition) is 3. The van der Waals surface area contributed by atoms with Crippen LogP contribution < -0.4 is 0 Å². The molecule has 2 rings (SSSR count). The van der Waals surface area contributed by atoms with E-state index >= 15 is 0 Å². The van der Waals surface area contributed by atoms with E-state index in [0.717, 1.165) is 11.1 Å². The summed E-state index contributed by atoms with van der Waals surface area (Å²) in [4.78, 5) is 8.98. The molecule has 1 aromatic carbocycles. The first-order chi connectivity index (χ1) is 7.47. The van der Waals surface area contributed by atoms with E-state index in [1.165, 1.54) is 0 Å². The fraction of sp³-hybridized carbons (Fsp3) is 0.417. The molecule has 2 atom stereocenters. The highest BCUT2D eigenvalue weighted by atomic mass is 31.1. The van der Waals surface area contributed by atoms with Gasteiger partial charge in [-0.05, 0) is 30.2 Å². The molecule has 1 N–H and O–H groups in total. The van der Waals surface area contributed by atoms with Crippen molar-refractivity contribution in [2.24, 2.45) is 0 Å². The van der Waals surface area contributed by atoms with Gasteiger partial charge in [-0.25, -0.2) is 0 Å². The third-order valence-electron chi connectivity index (χ3n) is 3.78. The molecule has 84 valence electrons. The molecule has 0 heterocycles. The van der Waals surface area contributed by atoms with Crippen LogP contribution in [0.15, 0.2) is 18.2 Å². The maximum atomic E-state index is 8.98. The van der Waals surface area contributed by atoms with Gasteiger partial charge in [-0.2, -0.15) is 5.26 Å². The summed E-state index contributed by atoms with van der Waals surface area (Å²) in [6.07, 6.45) is 0. The summed E-state index contributed by atoms with van der Waals surface area (Å²) < 4.78 is 5.48. The van der Waals surface area contributed by atoms with E-state index in [2.05, 4.69) is 19.9 Å². The van der Waals surface area contributed by atoms with Gasteiger partial charge in [-0.1, -0.05) is 19.9 Å². The smallest absolute Gasteiger partial charge is 0.153 e. The molecular formula is C12H14NO2P. The highest BCUT2D eigenvalue weighted by Gasteiger charge is 2.55. The van der Waals surface area contributed by atoms with E-state index in [-0.39, 0.29) is 5.41 Å². The Balaban J connectivity index is 2.53. The normalized spacial score (nSPS) is 26.2. The SMILES string of the molecule is CC1(C)c2cc(C#N)ccc2C1(C)OPO. The van der Waals surface area contributed by atoms with Gasteiger partial charge in [-0.3, -0.25) is 0 Å². The summed E-state index contributed by atoms with van der Waals surface area (Å²) in [7, 11) is -0.521. The van der Waals surface area contributed by atoms with Gasteiger partial charge in [0.25, 0.3) is 0 Å². The Kier molecular flexibility index (Phi) is 2.55. The molecular weight excluding hydrogens is 221 g/mol. The van der Waals surface area contributed by atoms with E-state index in [4.69, 9.17) is 14.7 Å². The monoisotopic (exact) mass is 235 g/mol. The lowest BCUT2D eigenvalue weighted by Gasteiger charge is -2.54. The molecule has 1 aliphatic carbocycles. The molecule has 1 aliphatic rings. The van der Waals surface area contributed by atoms with E-state index < -0.39 is 14.6 Å². The molecule has 0 spiro atoms. The Morgan fingerprint density at radius 3 is 2.56 bits per heavy atom. The predicted molar refractivity (Wildman–Crippen MR) is 63.2 cm³/mol. The average molecular weight is 235 g/mol. The number of fused-ring (bicyclic) bond motifs is 1. The minimum absolute atomic E-state index is 0.176. The molecule has 0 aliphatic heterocycles. The van der Waals surface area contributed by atoms with Crippen LogP contribution in [0.4, 0.5) is 0 Å². The van der Waals surface area contributed by atoms with Crippen molar-refractivity contribution in [2.75, 3.05) is 0 Å². The van der Waals surface area contributed by atoms with Crippen LogP contribution in [0.25, 0.3) is 0 Å². The lowest BCUT2D eigenvalue weighted by atomic mass is 9.55. The van der Waals surface area contributed by atoms with Gasteiger partial charge in [0.2, 0.25) is 0 Å². The number of rotatable bonds is 2. The minimum Gasteiger partial charge on any atom is -0.352 e. The molecule has 3 nitrogen and oxygen atoms in total. The molecule has 4 heteroatoms. The highest BCUT2D eigenvalue weighted by Crippen LogP contribution is 2.58. The predicted octanol–water partition coefficient (Wildman–Crippen LogP) is 2.58. The van der Waals surface area contributed by atoms with Gasteiger partial charge in [0, 0.05) is 5.41 Å². The summed E-state index contributed by atoms with van der Waals surface area (Å²) in [6, 6.07) is 7.75. The second kappa shape index (κ2) is 3.53. The first-order valence-electron chi connectivity index (χ1n) is 5.09. The van der Waals surface area contributed by atoms with Crippen LogP contribution >= 0.6 is 9.03 Å². The average Bonchev–Trinajstić information content (AvgIpc) is 2.28.